The van der Waals surface area contributed by atoms with Crippen molar-refractivity contribution in [2.24, 2.45) is 0 Å². The van der Waals surface area contributed by atoms with Gasteiger partial charge in [-0.3, -0.25) is 4.79 Å². The van der Waals surface area contributed by atoms with E-state index in [0.717, 1.165) is 0 Å². The molecule has 0 unspecified atom stereocenters. The standard InChI is InChI=1S/C21H25ClN2O6S/c1-4-24(5-2)31(26,27)15-7-8-18(28-6-3)17(13-15)23-21(25)14-11-16(22)20-19(12-14)29-9-10-30-20/h7-8,11-13H,4-6,9-10H2,1-3H3,(H,23,25). The molecule has 0 aromatic heterocycles. The van der Waals surface area contributed by atoms with Crippen molar-refractivity contribution in [1.29, 1.82) is 0 Å². The number of nitrogens with zero attached hydrogens (tertiary/aromatic N) is 1. The second kappa shape index (κ2) is 9.76. The molecule has 1 heterocycles. The first-order valence-electron chi connectivity index (χ1n) is 9.99. The average molecular weight is 469 g/mol. The van der Waals surface area contributed by atoms with E-state index >= 15 is 0 Å². The van der Waals surface area contributed by atoms with Gasteiger partial charge in [-0.2, -0.15) is 4.31 Å². The molecule has 0 spiro atoms. The van der Waals surface area contributed by atoms with Crippen molar-refractivity contribution >= 4 is 33.2 Å². The van der Waals surface area contributed by atoms with Gasteiger partial charge < -0.3 is 19.5 Å². The molecule has 0 fully saturated rings. The third-order valence-electron chi connectivity index (χ3n) is 4.70. The smallest absolute Gasteiger partial charge is 0.255 e. The molecule has 1 amide bonds. The second-order valence-corrected chi connectivity index (χ2v) is 8.96. The summed E-state index contributed by atoms with van der Waals surface area (Å²) in [5.74, 6) is 0.647. The normalized spacial score (nSPS) is 13.2. The van der Waals surface area contributed by atoms with E-state index in [2.05, 4.69) is 5.32 Å². The Hall–Kier alpha value is -2.49. The molecule has 0 aliphatic carbocycles. The van der Waals surface area contributed by atoms with Crippen LogP contribution in [0.4, 0.5) is 5.69 Å². The minimum absolute atomic E-state index is 0.0650. The predicted molar refractivity (Wildman–Crippen MR) is 118 cm³/mol. The lowest BCUT2D eigenvalue weighted by Gasteiger charge is -2.21. The molecular weight excluding hydrogens is 444 g/mol. The van der Waals surface area contributed by atoms with Crippen LogP contribution >= 0.6 is 11.6 Å². The van der Waals surface area contributed by atoms with Crippen molar-refractivity contribution in [3.8, 4) is 17.2 Å². The van der Waals surface area contributed by atoms with E-state index in [-0.39, 0.29) is 21.2 Å². The molecule has 168 valence electrons. The van der Waals surface area contributed by atoms with Crippen molar-refractivity contribution in [1.82, 2.24) is 4.31 Å². The SMILES string of the molecule is CCOc1ccc(S(=O)(=O)N(CC)CC)cc1NC(=O)c1cc(Cl)c2c(c1)OCCO2. The topological polar surface area (TPSA) is 94.2 Å². The fourth-order valence-electron chi connectivity index (χ4n) is 3.20. The zero-order valence-electron chi connectivity index (χ0n) is 17.6. The van der Waals surface area contributed by atoms with E-state index < -0.39 is 15.9 Å². The quantitative estimate of drug-likeness (QED) is 0.633. The van der Waals surface area contributed by atoms with Crippen LogP contribution in [0.15, 0.2) is 35.2 Å². The summed E-state index contributed by atoms with van der Waals surface area (Å²) in [5, 5.41) is 2.99. The lowest BCUT2D eigenvalue weighted by Crippen LogP contribution is -2.30. The fraction of sp³-hybridized carbons (Fsp3) is 0.381. The van der Waals surface area contributed by atoms with E-state index in [4.69, 9.17) is 25.8 Å². The number of carbonyl (C=O) groups is 1. The molecule has 0 saturated carbocycles. The molecule has 0 saturated heterocycles. The minimum atomic E-state index is -3.71. The average Bonchev–Trinajstić information content (AvgIpc) is 2.75. The molecule has 3 rings (SSSR count). The fourth-order valence-corrected chi connectivity index (χ4v) is 4.95. The van der Waals surface area contributed by atoms with Crippen LogP contribution < -0.4 is 19.5 Å². The van der Waals surface area contributed by atoms with E-state index in [1.165, 1.54) is 34.6 Å². The number of hydrogen-bond donors (Lipinski definition) is 1. The van der Waals surface area contributed by atoms with Gasteiger partial charge in [-0.1, -0.05) is 25.4 Å². The van der Waals surface area contributed by atoms with Gasteiger partial charge in [0.25, 0.3) is 5.91 Å². The van der Waals surface area contributed by atoms with Gasteiger partial charge in [0.1, 0.15) is 19.0 Å². The number of ether oxygens (including phenoxy) is 3. The molecule has 0 radical (unpaired) electrons. The van der Waals surface area contributed by atoms with Gasteiger partial charge in [0.15, 0.2) is 11.5 Å². The van der Waals surface area contributed by atoms with Crippen LogP contribution in [0.25, 0.3) is 0 Å². The Morgan fingerprint density at radius 1 is 1.13 bits per heavy atom. The minimum Gasteiger partial charge on any atom is -0.492 e. The highest BCUT2D eigenvalue weighted by atomic mass is 35.5. The number of nitrogens with one attached hydrogen (secondary N) is 1. The summed E-state index contributed by atoms with van der Waals surface area (Å²) in [6.45, 7) is 7.09. The Bertz CT molecular complexity index is 1070. The Labute approximate surface area is 187 Å². The number of amides is 1. The summed E-state index contributed by atoms with van der Waals surface area (Å²) in [4.78, 5) is 13.0. The van der Waals surface area contributed by atoms with Crippen LogP contribution in [0.2, 0.25) is 5.02 Å². The first kappa shape index (κ1) is 23.2. The number of halogens is 1. The highest BCUT2D eigenvalue weighted by Crippen LogP contribution is 2.39. The van der Waals surface area contributed by atoms with E-state index in [1.54, 1.807) is 20.8 Å². The molecule has 0 atom stereocenters. The highest BCUT2D eigenvalue weighted by molar-refractivity contribution is 7.89. The Morgan fingerprint density at radius 3 is 2.52 bits per heavy atom. The van der Waals surface area contributed by atoms with Crippen LogP contribution in [-0.4, -0.2) is 51.5 Å². The number of anilines is 1. The van der Waals surface area contributed by atoms with Gasteiger partial charge >= 0.3 is 0 Å². The Balaban J connectivity index is 1.96. The van der Waals surface area contributed by atoms with Gasteiger partial charge in [0.2, 0.25) is 10.0 Å². The molecular formula is C21H25ClN2O6S. The summed E-state index contributed by atoms with van der Waals surface area (Å²) in [5.41, 5.74) is 0.486. The van der Waals surface area contributed by atoms with Crippen molar-refractivity contribution in [3.05, 3.63) is 40.9 Å². The van der Waals surface area contributed by atoms with Crippen LogP contribution in [0.3, 0.4) is 0 Å². The molecule has 2 aromatic rings. The maximum absolute atomic E-state index is 12.9. The van der Waals surface area contributed by atoms with Gasteiger partial charge in [0.05, 0.1) is 22.2 Å². The zero-order chi connectivity index (χ0) is 22.6. The number of benzene rings is 2. The van der Waals surface area contributed by atoms with Crippen LogP contribution in [0, 0.1) is 0 Å². The van der Waals surface area contributed by atoms with E-state index in [0.29, 0.717) is 50.2 Å². The van der Waals surface area contributed by atoms with Crippen LogP contribution in [-0.2, 0) is 10.0 Å². The van der Waals surface area contributed by atoms with Gasteiger partial charge in [0, 0.05) is 18.7 Å². The number of sulfonamides is 1. The summed E-state index contributed by atoms with van der Waals surface area (Å²) in [6.07, 6.45) is 0. The molecule has 0 bridgehead atoms. The van der Waals surface area contributed by atoms with Gasteiger partial charge in [-0.05, 0) is 37.3 Å². The van der Waals surface area contributed by atoms with Crippen LogP contribution in [0.5, 0.6) is 17.2 Å². The predicted octanol–water partition coefficient (Wildman–Crippen LogP) is 3.79. The Morgan fingerprint density at radius 2 is 1.84 bits per heavy atom. The van der Waals surface area contributed by atoms with Gasteiger partial charge in [-0.25, -0.2) is 8.42 Å². The molecule has 10 heteroatoms. The monoisotopic (exact) mass is 468 g/mol. The van der Waals surface area contributed by atoms with Crippen molar-refractivity contribution in [3.63, 3.8) is 0 Å². The second-order valence-electron chi connectivity index (χ2n) is 6.62. The number of carbonyl (C=O) groups excluding carboxylic acids is 1. The lowest BCUT2D eigenvalue weighted by atomic mass is 10.1. The van der Waals surface area contributed by atoms with Crippen molar-refractivity contribution in [2.75, 3.05) is 38.2 Å². The summed E-state index contributed by atoms with van der Waals surface area (Å²) in [6, 6.07) is 7.41. The number of fused-ring (bicyclic) bond motifs is 1. The van der Waals surface area contributed by atoms with Gasteiger partial charge in [-0.15, -0.1) is 0 Å². The molecule has 1 aliphatic rings. The third kappa shape index (κ3) is 4.89. The number of rotatable bonds is 8. The largest absolute Gasteiger partial charge is 0.492 e. The summed E-state index contributed by atoms with van der Waals surface area (Å²) >= 11 is 6.23. The van der Waals surface area contributed by atoms with E-state index in [1.807, 2.05) is 0 Å². The first-order valence-corrected chi connectivity index (χ1v) is 11.8. The van der Waals surface area contributed by atoms with Crippen molar-refractivity contribution < 1.29 is 27.4 Å². The molecule has 31 heavy (non-hydrogen) atoms. The highest BCUT2D eigenvalue weighted by Gasteiger charge is 2.24. The zero-order valence-corrected chi connectivity index (χ0v) is 19.2. The molecule has 1 N–H and O–H groups in total. The third-order valence-corrected chi connectivity index (χ3v) is 7.03. The summed E-state index contributed by atoms with van der Waals surface area (Å²) < 4.78 is 43.7. The maximum atomic E-state index is 12.9. The Kier molecular flexibility index (Phi) is 7.30. The number of hydrogen-bond acceptors (Lipinski definition) is 6. The molecule has 8 nitrogen and oxygen atoms in total. The first-order chi connectivity index (χ1) is 14.8. The van der Waals surface area contributed by atoms with E-state index in [9.17, 15) is 13.2 Å². The van der Waals surface area contributed by atoms with Crippen LogP contribution in [0.1, 0.15) is 31.1 Å². The summed E-state index contributed by atoms with van der Waals surface area (Å²) in [7, 11) is -3.71. The molecule has 1 aliphatic heterocycles. The lowest BCUT2D eigenvalue weighted by molar-refractivity contribution is 0.102. The molecule has 2 aromatic carbocycles. The maximum Gasteiger partial charge on any atom is 0.255 e. The van der Waals surface area contributed by atoms with Crippen molar-refractivity contribution in [2.45, 2.75) is 25.7 Å².